The van der Waals surface area contributed by atoms with Crippen LogP contribution in [0.1, 0.15) is 29.3 Å². The van der Waals surface area contributed by atoms with Crippen LogP contribution < -0.4 is 0 Å². The van der Waals surface area contributed by atoms with E-state index in [4.69, 9.17) is 16.3 Å². The van der Waals surface area contributed by atoms with Crippen molar-refractivity contribution in [2.24, 2.45) is 0 Å². The maximum Gasteiger partial charge on any atom is 0.338 e. The number of carbonyl (C=O) groups is 1. The Morgan fingerprint density at radius 2 is 2.18 bits per heavy atom. The summed E-state index contributed by atoms with van der Waals surface area (Å²) in [6, 6.07) is 2.76. The molecule has 92 valence electrons. The van der Waals surface area contributed by atoms with Crippen LogP contribution >= 0.6 is 11.6 Å². The van der Waals surface area contributed by atoms with Crippen molar-refractivity contribution in [3.63, 3.8) is 0 Å². The number of carbonyl (C=O) groups excluding carboxylic acids is 1. The molecule has 0 fully saturated rings. The summed E-state index contributed by atoms with van der Waals surface area (Å²) in [6.45, 7) is 3.63. The Bertz CT molecular complexity index is 459. The zero-order valence-corrected chi connectivity index (χ0v) is 10.3. The molecule has 0 amide bonds. The van der Waals surface area contributed by atoms with Gasteiger partial charge in [-0.05, 0) is 25.5 Å². The van der Waals surface area contributed by atoms with Gasteiger partial charge in [-0.3, -0.25) is 10.1 Å². The van der Waals surface area contributed by atoms with E-state index in [1.807, 2.05) is 6.92 Å². The predicted molar refractivity (Wildman–Crippen MR) is 63.4 cm³/mol. The average molecular weight is 258 g/mol. The second-order valence-electron chi connectivity index (χ2n) is 3.46. The number of ether oxygens (including phenoxy) is 1. The fourth-order valence-corrected chi connectivity index (χ4v) is 1.66. The molecule has 0 bridgehead atoms. The normalized spacial score (nSPS) is 10.1. The number of nitro groups is 1. The van der Waals surface area contributed by atoms with E-state index in [-0.39, 0.29) is 28.4 Å². The fourth-order valence-electron chi connectivity index (χ4n) is 1.38. The first kappa shape index (κ1) is 13.4. The van der Waals surface area contributed by atoms with Crippen molar-refractivity contribution in [2.45, 2.75) is 20.3 Å². The van der Waals surface area contributed by atoms with E-state index in [0.29, 0.717) is 6.42 Å². The van der Waals surface area contributed by atoms with Crippen LogP contribution in [-0.2, 0) is 4.74 Å². The molecule has 0 aliphatic carbocycles. The molecule has 0 saturated heterocycles. The van der Waals surface area contributed by atoms with Crippen molar-refractivity contribution >= 4 is 23.3 Å². The number of esters is 1. The number of hydrogen-bond acceptors (Lipinski definition) is 4. The molecule has 1 aromatic carbocycles. The van der Waals surface area contributed by atoms with Crippen LogP contribution in [-0.4, -0.2) is 17.5 Å². The van der Waals surface area contributed by atoms with Gasteiger partial charge < -0.3 is 4.74 Å². The van der Waals surface area contributed by atoms with Crippen LogP contribution in [0.15, 0.2) is 12.1 Å². The Balaban J connectivity index is 3.14. The zero-order chi connectivity index (χ0) is 13.0. The standard InChI is InChI=1S/C11H12ClNO4/c1-3-6-17-11(14)8-4-5-9(12)10(7(8)2)13(15)16/h4-5H,3,6H2,1-2H3. The van der Waals surface area contributed by atoms with E-state index in [0.717, 1.165) is 0 Å². The van der Waals surface area contributed by atoms with Gasteiger partial charge in [-0.2, -0.15) is 0 Å². The minimum Gasteiger partial charge on any atom is -0.462 e. The van der Waals surface area contributed by atoms with Crippen molar-refractivity contribution in [2.75, 3.05) is 6.61 Å². The van der Waals surface area contributed by atoms with Crippen molar-refractivity contribution in [3.05, 3.63) is 38.4 Å². The first-order valence-corrected chi connectivity index (χ1v) is 5.47. The molecule has 1 aromatic rings. The number of halogens is 1. The van der Waals surface area contributed by atoms with Crippen LogP contribution in [0.4, 0.5) is 5.69 Å². The van der Waals surface area contributed by atoms with Gasteiger partial charge in [0, 0.05) is 5.56 Å². The monoisotopic (exact) mass is 257 g/mol. The Kier molecular flexibility index (Phi) is 4.45. The Labute approximate surface area is 103 Å². The third-order valence-corrected chi connectivity index (χ3v) is 2.53. The molecule has 0 unspecified atom stereocenters. The summed E-state index contributed by atoms with van der Waals surface area (Å²) in [6.07, 6.45) is 0.695. The Morgan fingerprint density at radius 1 is 1.53 bits per heavy atom. The van der Waals surface area contributed by atoms with Crippen LogP contribution in [0.3, 0.4) is 0 Å². The first-order valence-electron chi connectivity index (χ1n) is 5.09. The third-order valence-electron chi connectivity index (χ3n) is 2.22. The van der Waals surface area contributed by atoms with Crippen molar-refractivity contribution in [3.8, 4) is 0 Å². The minimum absolute atomic E-state index is 0.0135. The van der Waals surface area contributed by atoms with Gasteiger partial charge in [-0.25, -0.2) is 4.79 Å². The maximum atomic E-state index is 11.6. The van der Waals surface area contributed by atoms with Gasteiger partial charge in [-0.15, -0.1) is 0 Å². The number of nitro benzene ring substituents is 1. The quantitative estimate of drug-likeness (QED) is 0.472. The zero-order valence-electron chi connectivity index (χ0n) is 9.53. The molecule has 1 rings (SSSR count). The predicted octanol–water partition coefficient (Wildman–Crippen LogP) is 3.12. The molecule has 0 N–H and O–H groups in total. The average Bonchev–Trinajstić information content (AvgIpc) is 2.25. The second-order valence-corrected chi connectivity index (χ2v) is 3.87. The lowest BCUT2D eigenvalue weighted by molar-refractivity contribution is -0.385. The second kappa shape index (κ2) is 5.63. The van der Waals surface area contributed by atoms with Gasteiger partial charge >= 0.3 is 5.97 Å². The highest BCUT2D eigenvalue weighted by Gasteiger charge is 2.22. The van der Waals surface area contributed by atoms with Crippen molar-refractivity contribution < 1.29 is 14.5 Å². The summed E-state index contributed by atoms with van der Waals surface area (Å²) < 4.78 is 4.93. The highest BCUT2D eigenvalue weighted by atomic mass is 35.5. The summed E-state index contributed by atoms with van der Waals surface area (Å²) in [4.78, 5) is 21.8. The molecule has 0 saturated carbocycles. The summed E-state index contributed by atoms with van der Waals surface area (Å²) in [5, 5.41) is 10.8. The van der Waals surface area contributed by atoms with Gasteiger partial charge in [0.2, 0.25) is 0 Å². The molecule has 6 heteroatoms. The highest BCUT2D eigenvalue weighted by molar-refractivity contribution is 6.33. The van der Waals surface area contributed by atoms with Crippen LogP contribution in [0, 0.1) is 17.0 Å². The Hall–Kier alpha value is -1.62. The lowest BCUT2D eigenvalue weighted by Gasteiger charge is -2.07. The molecule has 0 spiro atoms. The lowest BCUT2D eigenvalue weighted by atomic mass is 10.1. The molecule has 0 radical (unpaired) electrons. The smallest absolute Gasteiger partial charge is 0.338 e. The van der Waals surface area contributed by atoms with Crippen LogP contribution in [0.25, 0.3) is 0 Å². The highest BCUT2D eigenvalue weighted by Crippen LogP contribution is 2.30. The van der Waals surface area contributed by atoms with Crippen molar-refractivity contribution in [1.29, 1.82) is 0 Å². The van der Waals surface area contributed by atoms with E-state index in [2.05, 4.69) is 0 Å². The molecule has 0 aromatic heterocycles. The van der Waals surface area contributed by atoms with Gasteiger partial charge in [0.1, 0.15) is 5.02 Å². The van der Waals surface area contributed by atoms with Crippen LogP contribution in [0.5, 0.6) is 0 Å². The fraction of sp³-hybridized carbons (Fsp3) is 0.364. The SMILES string of the molecule is CCCOC(=O)c1ccc(Cl)c([N+](=O)[O-])c1C. The molecular weight excluding hydrogens is 246 g/mol. The molecule has 5 nitrogen and oxygen atoms in total. The van der Waals surface area contributed by atoms with E-state index in [1.165, 1.54) is 19.1 Å². The lowest BCUT2D eigenvalue weighted by Crippen LogP contribution is -2.09. The van der Waals surface area contributed by atoms with Gasteiger partial charge in [0.25, 0.3) is 5.69 Å². The molecule has 0 heterocycles. The van der Waals surface area contributed by atoms with Crippen LogP contribution in [0.2, 0.25) is 5.02 Å². The molecule has 0 aliphatic heterocycles. The molecular formula is C11H12ClNO4. The maximum absolute atomic E-state index is 11.6. The minimum atomic E-state index is -0.603. The topological polar surface area (TPSA) is 69.4 Å². The summed E-state index contributed by atoms with van der Waals surface area (Å²) in [5.41, 5.74) is 0.149. The Morgan fingerprint density at radius 3 is 2.71 bits per heavy atom. The number of rotatable bonds is 4. The molecule has 0 aliphatic rings. The summed E-state index contributed by atoms with van der Waals surface area (Å²) >= 11 is 5.71. The van der Waals surface area contributed by atoms with Gasteiger partial charge in [-0.1, -0.05) is 18.5 Å². The van der Waals surface area contributed by atoms with Crippen molar-refractivity contribution in [1.82, 2.24) is 0 Å². The summed E-state index contributed by atoms with van der Waals surface area (Å²) in [7, 11) is 0. The number of nitrogens with zero attached hydrogens (tertiary/aromatic N) is 1. The van der Waals surface area contributed by atoms with E-state index in [9.17, 15) is 14.9 Å². The van der Waals surface area contributed by atoms with E-state index in [1.54, 1.807) is 0 Å². The molecule has 0 atom stereocenters. The van der Waals surface area contributed by atoms with Gasteiger partial charge in [0.15, 0.2) is 0 Å². The van der Waals surface area contributed by atoms with Gasteiger partial charge in [0.05, 0.1) is 17.1 Å². The first-order chi connectivity index (χ1) is 7.99. The van der Waals surface area contributed by atoms with E-state index < -0.39 is 10.9 Å². The summed E-state index contributed by atoms with van der Waals surface area (Å²) in [5.74, 6) is -0.566. The largest absolute Gasteiger partial charge is 0.462 e. The molecule has 17 heavy (non-hydrogen) atoms. The number of benzene rings is 1. The van der Waals surface area contributed by atoms with E-state index >= 15 is 0 Å². The number of hydrogen-bond donors (Lipinski definition) is 0. The third kappa shape index (κ3) is 2.94.